The number of Topliss-reactive ketones (excluding diaryl/α,β-unsaturated/α-hetero) is 1. The van der Waals surface area contributed by atoms with Gasteiger partial charge in [-0.3, -0.25) is 9.59 Å². The molecule has 164 valence electrons. The van der Waals surface area contributed by atoms with Crippen LogP contribution in [0.15, 0.2) is 42.0 Å². The van der Waals surface area contributed by atoms with Crippen LogP contribution >= 0.6 is 23.2 Å². The second kappa shape index (κ2) is 9.60. The lowest BCUT2D eigenvalue weighted by molar-refractivity contribution is -0.140. The third-order valence-corrected chi connectivity index (χ3v) is 5.52. The predicted molar refractivity (Wildman–Crippen MR) is 117 cm³/mol. The average molecular weight is 466 g/mol. The number of methoxy groups -OCH3 is 3. The van der Waals surface area contributed by atoms with E-state index >= 15 is 0 Å². The van der Waals surface area contributed by atoms with Gasteiger partial charge >= 0.3 is 0 Å². The fourth-order valence-corrected chi connectivity index (χ4v) is 4.15. The van der Waals surface area contributed by atoms with Crippen LogP contribution in [-0.4, -0.2) is 56.2 Å². The minimum Gasteiger partial charge on any atom is -0.507 e. The number of ether oxygens (including phenoxy) is 3. The van der Waals surface area contributed by atoms with Crippen molar-refractivity contribution >= 4 is 40.7 Å². The maximum Gasteiger partial charge on any atom is 0.295 e. The zero-order chi connectivity index (χ0) is 22.7. The highest BCUT2D eigenvalue weighted by molar-refractivity contribution is 6.46. The van der Waals surface area contributed by atoms with Gasteiger partial charge in [0.25, 0.3) is 11.7 Å². The molecule has 0 spiro atoms. The Kier molecular flexibility index (Phi) is 7.10. The molecule has 1 saturated heterocycles. The number of hydrogen-bond acceptors (Lipinski definition) is 6. The quantitative estimate of drug-likeness (QED) is 0.376. The van der Waals surface area contributed by atoms with Crippen LogP contribution in [0.3, 0.4) is 0 Å². The highest BCUT2D eigenvalue weighted by atomic mass is 35.5. The number of amides is 1. The number of nitrogens with zero attached hydrogens (tertiary/aromatic N) is 1. The van der Waals surface area contributed by atoms with Gasteiger partial charge in [0.15, 0.2) is 5.75 Å². The van der Waals surface area contributed by atoms with Crippen LogP contribution in [0.1, 0.15) is 17.2 Å². The van der Waals surface area contributed by atoms with E-state index in [0.29, 0.717) is 11.3 Å². The summed E-state index contributed by atoms with van der Waals surface area (Å²) in [5.41, 5.74) is 0.710. The number of benzene rings is 2. The van der Waals surface area contributed by atoms with Gasteiger partial charge in [0, 0.05) is 19.2 Å². The number of aliphatic hydroxyl groups is 1. The molecule has 1 atom stereocenters. The first-order valence-electron chi connectivity index (χ1n) is 9.28. The molecule has 0 bridgehead atoms. The molecule has 1 fully saturated rings. The van der Waals surface area contributed by atoms with Crippen molar-refractivity contribution in [3.05, 3.63) is 63.1 Å². The Hall–Kier alpha value is -2.74. The minimum atomic E-state index is -0.843. The third-order valence-electron chi connectivity index (χ3n) is 4.96. The largest absolute Gasteiger partial charge is 0.507 e. The number of ketones is 1. The maximum absolute atomic E-state index is 13.0. The van der Waals surface area contributed by atoms with Crippen molar-refractivity contribution in [2.75, 3.05) is 34.5 Å². The second-order valence-electron chi connectivity index (χ2n) is 6.74. The number of aliphatic hydroxyl groups excluding tert-OH is 1. The Morgan fingerprint density at radius 3 is 2.32 bits per heavy atom. The molecule has 1 N–H and O–H groups in total. The van der Waals surface area contributed by atoms with Crippen LogP contribution in [-0.2, 0) is 14.3 Å². The van der Waals surface area contributed by atoms with Crippen molar-refractivity contribution in [3.63, 3.8) is 0 Å². The lowest BCUT2D eigenvalue weighted by Gasteiger charge is -2.25. The summed E-state index contributed by atoms with van der Waals surface area (Å²) in [5, 5.41) is 11.4. The summed E-state index contributed by atoms with van der Waals surface area (Å²) in [7, 11) is 4.43. The zero-order valence-corrected chi connectivity index (χ0v) is 18.7. The van der Waals surface area contributed by atoms with Crippen molar-refractivity contribution in [2.24, 2.45) is 0 Å². The Balaban J connectivity index is 2.21. The van der Waals surface area contributed by atoms with E-state index in [1.165, 1.54) is 38.4 Å². The van der Waals surface area contributed by atoms with E-state index in [4.69, 9.17) is 37.4 Å². The molecular formula is C22H21Cl2NO6. The monoisotopic (exact) mass is 465 g/mol. The smallest absolute Gasteiger partial charge is 0.295 e. The Bertz CT molecular complexity index is 1030. The van der Waals surface area contributed by atoms with Crippen LogP contribution in [0.5, 0.6) is 11.5 Å². The van der Waals surface area contributed by atoms with Crippen LogP contribution in [0.2, 0.25) is 10.0 Å². The van der Waals surface area contributed by atoms with Crippen LogP contribution in [0.4, 0.5) is 0 Å². The van der Waals surface area contributed by atoms with E-state index in [2.05, 4.69) is 0 Å². The van der Waals surface area contributed by atoms with Gasteiger partial charge in [-0.15, -0.1) is 0 Å². The third kappa shape index (κ3) is 4.35. The first-order valence-corrected chi connectivity index (χ1v) is 10.0. The number of halogens is 2. The number of carbonyl (C=O) groups excluding carboxylic acids is 2. The standard InChI is InChI=1S/C22H21Cl2NO6/c1-29-8-7-25-18(12-5-4-6-14(9-12)30-2)17(20(27)22(25)28)19(26)13-10-15(23)21(31-3)16(24)11-13/h4-6,9-11,18,26H,7-8H2,1-3H3/b19-17+. The molecular weight excluding hydrogens is 445 g/mol. The van der Waals surface area contributed by atoms with E-state index in [1.807, 2.05) is 0 Å². The van der Waals surface area contributed by atoms with E-state index in [9.17, 15) is 14.7 Å². The summed E-state index contributed by atoms with van der Waals surface area (Å²) >= 11 is 12.4. The van der Waals surface area contributed by atoms with Crippen LogP contribution in [0, 0.1) is 0 Å². The molecule has 1 aliphatic rings. The van der Waals surface area contributed by atoms with Crippen molar-refractivity contribution in [3.8, 4) is 11.5 Å². The second-order valence-corrected chi connectivity index (χ2v) is 7.55. The van der Waals surface area contributed by atoms with Gasteiger partial charge in [-0.2, -0.15) is 0 Å². The molecule has 2 aromatic carbocycles. The maximum atomic E-state index is 13.0. The minimum absolute atomic E-state index is 0.0772. The number of likely N-dealkylation sites (tertiary alicyclic amines) is 1. The summed E-state index contributed by atoms with van der Waals surface area (Å²) in [6.45, 7) is 0.373. The highest BCUT2D eigenvalue weighted by Gasteiger charge is 2.46. The molecule has 0 radical (unpaired) electrons. The molecule has 1 aliphatic heterocycles. The van der Waals surface area contributed by atoms with E-state index < -0.39 is 23.5 Å². The summed E-state index contributed by atoms with van der Waals surface area (Å²) < 4.78 is 15.5. The summed E-state index contributed by atoms with van der Waals surface area (Å²) in [5.74, 6) is -1.16. The van der Waals surface area contributed by atoms with Gasteiger partial charge in [0.1, 0.15) is 11.5 Å². The molecule has 1 heterocycles. The van der Waals surface area contributed by atoms with Crippen molar-refractivity contribution < 1.29 is 28.9 Å². The van der Waals surface area contributed by atoms with Crippen LogP contribution < -0.4 is 9.47 Å². The number of hydrogen-bond donors (Lipinski definition) is 1. The molecule has 0 saturated carbocycles. The van der Waals surface area contributed by atoms with Crippen LogP contribution in [0.25, 0.3) is 5.76 Å². The molecule has 2 aromatic rings. The first kappa shape index (κ1) is 22.9. The van der Waals surface area contributed by atoms with Gasteiger partial charge in [0.2, 0.25) is 0 Å². The molecule has 1 amide bonds. The van der Waals surface area contributed by atoms with Gasteiger partial charge < -0.3 is 24.2 Å². The highest BCUT2D eigenvalue weighted by Crippen LogP contribution is 2.42. The molecule has 9 heteroatoms. The lowest BCUT2D eigenvalue weighted by Crippen LogP contribution is -2.32. The van der Waals surface area contributed by atoms with Gasteiger partial charge in [-0.1, -0.05) is 35.3 Å². The summed E-state index contributed by atoms with van der Waals surface area (Å²) in [6.07, 6.45) is 0. The fraction of sp³-hybridized carbons (Fsp3) is 0.273. The summed E-state index contributed by atoms with van der Waals surface area (Å²) in [4.78, 5) is 27.1. The SMILES string of the molecule is COCCN1C(=O)C(=O)/C(=C(/O)c2cc(Cl)c(OC)c(Cl)c2)C1c1cccc(OC)c1. The number of rotatable bonds is 7. The first-order chi connectivity index (χ1) is 14.8. The molecule has 3 rings (SSSR count). The van der Waals surface area contributed by atoms with Gasteiger partial charge in [0.05, 0.1) is 42.5 Å². The van der Waals surface area contributed by atoms with E-state index in [0.717, 1.165) is 0 Å². The van der Waals surface area contributed by atoms with Crippen molar-refractivity contribution in [1.29, 1.82) is 0 Å². The molecule has 0 aromatic heterocycles. The normalized spacial score (nSPS) is 17.8. The fourth-order valence-electron chi connectivity index (χ4n) is 3.51. The Labute approximate surface area is 189 Å². The topological polar surface area (TPSA) is 85.3 Å². The zero-order valence-electron chi connectivity index (χ0n) is 17.1. The molecule has 7 nitrogen and oxygen atoms in total. The average Bonchev–Trinajstić information content (AvgIpc) is 3.01. The molecule has 0 aliphatic carbocycles. The summed E-state index contributed by atoms with van der Waals surface area (Å²) in [6, 6.07) is 8.95. The molecule has 1 unspecified atom stereocenters. The Morgan fingerprint density at radius 2 is 1.74 bits per heavy atom. The predicted octanol–water partition coefficient (Wildman–Crippen LogP) is 4.08. The van der Waals surface area contributed by atoms with Crippen molar-refractivity contribution in [1.82, 2.24) is 4.90 Å². The number of carbonyl (C=O) groups is 2. The van der Waals surface area contributed by atoms with Gasteiger partial charge in [-0.25, -0.2) is 0 Å². The Morgan fingerprint density at radius 1 is 1.06 bits per heavy atom. The van der Waals surface area contributed by atoms with E-state index in [-0.39, 0.29) is 40.1 Å². The van der Waals surface area contributed by atoms with Gasteiger partial charge in [-0.05, 0) is 29.8 Å². The molecule has 31 heavy (non-hydrogen) atoms. The van der Waals surface area contributed by atoms with E-state index in [1.54, 1.807) is 24.3 Å². The lowest BCUT2D eigenvalue weighted by atomic mass is 9.95. The van der Waals surface area contributed by atoms with Crippen molar-refractivity contribution in [2.45, 2.75) is 6.04 Å².